The molecule has 0 saturated carbocycles. The predicted octanol–water partition coefficient (Wildman–Crippen LogP) is 2.60. The molecule has 0 bridgehead atoms. The Morgan fingerprint density at radius 3 is 2.47 bits per heavy atom. The van der Waals surface area contributed by atoms with Crippen LogP contribution < -0.4 is 4.74 Å². The first-order chi connectivity index (χ1) is 8.10. The van der Waals surface area contributed by atoms with Gasteiger partial charge in [0.05, 0.1) is 7.11 Å². The number of allylic oxidation sites excluding steroid dienone is 1. The molecule has 92 valence electrons. The van der Waals surface area contributed by atoms with Crippen molar-refractivity contribution in [3.8, 4) is 5.75 Å². The Morgan fingerprint density at radius 1 is 1.41 bits per heavy atom. The minimum Gasteiger partial charge on any atom is -0.497 e. The van der Waals surface area contributed by atoms with Gasteiger partial charge in [-0.3, -0.25) is 4.79 Å². The van der Waals surface area contributed by atoms with E-state index in [1.807, 2.05) is 13.0 Å². The van der Waals surface area contributed by atoms with Crippen LogP contribution >= 0.6 is 0 Å². The van der Waals surface area contributed by atoms with Crippen molar-refractivity contribution in [1.29, 1.82) is 0 Å². The van der Waals surface area contributed by atoms with E-state index in [1.165, 1.54) is 0 Å². The summed E-state index contributed by atoms with van der Waals surface area (Å²) in [5.41, 5.74) is 1.18. The van der Waals surface area contributed by atoms with Gasteiger partial charge in [-0.1, -0.05) is 13.0 Å². The van der Waals surface area contributed by atoms with Crippen LogP contribution in [0, 0.1) is 0 Å². The highest BCUT2D eigenvalue weighted by molar-refractivity contribution is 6.01. The summed E-state index contributed by atoms with van der Waals surface area (Å²) in [5, 5.41) is 9.85. The molecule has 0 spiro atoms. The Labute approximate surface area is 102 Å². The van der Waals surface area contributed by atoms with Crippen molar-refractivity contribution in [3.05, 3.63) is 41.5 Å². The van der Waals surface area contributed by atoms with Gasteiger partial charge in [0, 0.05) is 5.56 Å². The summed E-state index contributed by atoms with van der Waals surface area (Å²) >= 11 is 0. The van der Waals surface area contributed by atoms with E-state index in [9.17, 15) is 9.90 Å². The van der Waals surface area contributed by atoms with Crippen molar-refractivity contribution in [3.63, 3.8) is 0 Å². The first kappa shape index (κ1) is 13.5. The molecular weight excluding hydrogens is 216 g/mol. The molecule has 0 heterocycles. The van der Waals surface area contributed by atoms with Gasteiger partial charge in [-0.05, 0) is 43.2 Å². The molecular formula is C14H18O3. The topological polar surface area (TPSA) is 46.5 Å². The van der Waals surface area contributed by atoms with E-state index < -0.39 is 6.10 Å². The normalized spacial score (nSPS) is 13.3. The van der Waals surface area contributed by atoms with Gasteiger partial charge in [0.25, 0.3) is 0 Å². The van der Waals surface area contributed by atoms with Crippen LogP contribution in [0.2, 0.25) is 0 Å². The largest absolute Gasteiger partial charge is 0.497 e. The molecule has 1 N–H and O–H groups in total. The number of benzene rings is 1. The highest BCUT2D eigenvalue weighted by Gasteiger charge is 2.18. The lowest BCUT2D eigenvalue weighted by molar-refractivity contribution is 0.0805. The van der Waals surface area contributed by atoms with Crippen LogP contribution in [0.5, 0.6) is 5.75 Å². The van der Waals surface area contributed by atoms with Gasteiger partial charge in [-0.15, -0.1) is 0 Å². The maximum absolute atomic E-state index is 11.9. The zero-order chi connectivity index (χ0) is 12.8. The molecule has 0 aliphatic rings. The van der Waals surface area contributed by atoms with Crippen molar-refractivity contribution in [2.45, 2.75) is 26.4 Å². The van der Waals surface area contributed by atoms with Gasteiger partial charge in [-0.25, -0.2) is 0 Å². The Balaban J connectivity index is 2.85. The van der Waals surface area contributed by atoms with Crippen LogP contribution in [0.4, 0.5) is 0 Å². The lowest BCUT2D eigenvalue weighted by atomic mass is 10.0. The number of methoxy groups -OCH3 is 1. The highest BCUT2D eigenvalue weighted by atomic mass is 16.5. The zero-order valence-electron chi connectivity index (χ0n) is 10.4. The fraction of sp³-hybridized carbons (Fsp3) is 0.357. The number of hydrogen-bond acceptors (Lipinski definition) is 3. The number of ether oxygens (including phenoxy) is 1. The van der Waals surface area contributed by atoms with E-state index in [0.717, 1.165) is 6.42 Å². The SMILES string of the molecule is CC/C=C(\C)C(O)C(=O)c1ccc(OC)cc1. The monoisotopic (exact) mass is 234 g/mol. The molecule has 0 aliphatic heterocycles. The molecule has 0 amide bonds. The summed E-state index contributed by atoms with van der Waals surface area (Å²) in [6.45, 7) is 3.73. The highest BCUT2D eigenvalue weighted by Crippen LogP contribution is 2.15. The molecule has 3 nitrogen and oxygen atoms in total. The van der Waals surface area contributed by atoms with Crippen molar-refractivity contribution < 1.29 is 14.6 Å². The first-order valence-electron chi connectivity index (χ1n) is 5.63. The van der Waals surface area contributed by atoms with Crippen LogP contribution in [-0.4, -0.2) is 24.1 Å². The van der Waals surface area contributed by atoms with Gasteiger partial charge in [0.15, 0.2) is 5.78 Å². The standard InChI is InChI=1S/C14H18O3/c1-4-5-10(2)13(15)14(16)11-6-8-12(17-3)9-7-11/h5-9,13,15H,4H2,1-3H3/b10-5+. The van der Waals surface area contributed by atoms with Crippen LogP contribution in [0.1, 0.15) is 30.6 Å². The van der Waals surface area contributed by atoms with Gasteiger partial charge >= 0.3 is 0 Å². The van der Waals surface area contributed by atoms with Gasteiger partial charge in [-0.2, -0.15) is 0 Å². The number of aliphatic hydroxyl groups is 1. The number of rotatable bonds is 5. The fourth-order valence-corrected chi connectivity index (χ4v) is 1.55. The second-order valence-electron chi connectivity index (χ2n) is 3.85. The van der Waals surface area contributed by atoms with Crippen LogP contribution in [-0.2, 0) is 0 Å². The van der Waals surface area contributed by atoms with E-state index in [1.54, 1.807) is 38.3 Å². The third-order valence-electron chi connectivity index (χ3n) is 2.58. The summed E-state index contributed by atoms with van der Waals surface area (Å²) in [6, 6.07) is 6.73. The molecule has 1 unspecified atom stereocenters. The third kappa shape index (κ3) is 3.43. The van der Waals surface area contributed by atoms with E-state index >= 15 is 0 Å². The van der Waals surface area contributed by atoms with Gasteiger partial charge < -0.3 is 9.84 Å². The number of carbonyl (C=O) groups excluding carboxylic acids is 1. The van der Waals surface area contributed by atoms with E-state index in [4.69, 9.17) is 4.74 Å². The van der Waals surface area contributed by atoms with Crippen LogP contribution in [0.3, 0.4) is 0 Å². The third-order valence-corrected chi connectivity index (χ3v) is 2.58. The first-order valence-corrected chi connectivity index (χ1v) is 5.63. The van der Waals surface area contributed by atoms with Crippen LogP contribution in [0.15, 0.2) is 35.9 Å². The summed E-state index contributed by atoms with van der Waals surface area (Å²) in [4.78, 5) is 11.9. The summed E-state index contributed by atoms with van der Waals surface area (Å²) < 4.78 is 5.01. The summed E-state index contributed by atoms with van der Waals surface area (Å²) in [6.07, 6.45) is 1.61. The molecule has 0 radical (unpaired) electrons. The molecule has 1 atom stereocenters. The molecule has 17 heavy (non-hydrogen) atoms. The lowest BCUT2D eigenvalue weighted by Crippen LogP contribution is -2.21. The number of ketones is 1. The molecule has 0 fully saturated rings. The molecule has 0 aliphatic carbocycles. The molecule has 0 saturated heterocycles. The minimum absolute atomic E-state index is 0.283. The van der Waals surface area contributed by atoms with Gasteiger partial charge in [0.2, 0.25) is 0 Å². The average molecular weight is 234 g/mol. The molecule has 1 aromatic carbocycles. The molecule has 3 heteroatoms. The van der Waals surface area contributed by atoms with Crippen molar-refractivity contribution in [2.75, 3.05) is 7.11 Å². The smallest absolute Gasteiger partial charge is 0.195 e. The molecule has 1 aromatic rings. The van der Waals surface area contributed by atoms with E-state index in [0.29, 0.717) is 16.9 Å². The Hall–Kier alpha value is -1.61. The number of carbonyl (C=O) groups is 1. The Bertz CT molecular complexity index is 404. The molecule has 0 aromatic heterocycles. The van der Waals surface area contributed by atoms with E-state index in [2.05, 4.69) is 0 Å². The lowest BCUT2D eigenvalue weighted by Gasteiger charge is -2.10. The number of Topliss-reactive ketones (excluding diaryl/α,β-unsaturated/α-hetero) is 1. The quantitative estimate of drug-likeness (QED) is 0.629. The second-order valence-corrected chi connectivity index (χ2v) is 3.85. The second kappa shape index (κ2) is 6.21. The minimum atomic E-state index is -1.05. The fourth-order valence-electron chi connectivity index (χ4n) is 1.55. The maximum atomic E-state index is 11.9. The predicted molar refractivity (Wildman–Crippen MR) is 67.4 cm³/mol. The Kier molecular flexibility index (Phi) is 4.91. The Morgan fingerprint density at radius 2 is 2.00 bits per heavy atom. The maximum Gasteiger partial charge on any atom is 0.195 e. The number of hydrogen-bond donors (Lipinski definition) is 1. The molecule has 1 rings (SSSR count). The van der Waals surface area contributed by atoms with E-state index in [-0.39, 0.29) is 5.78 Å². The summed E-state index contributed by atoms with van der Waals surface area (Å²) in [5.74, 6) is 0.409. The summed E-state index contributed by atoms with van der Waals surface area (Å²) in [7, 11) is 1.57. The van der Waals surface area contributed by atoms with Gasteiger partial charge in [0.1, 0.15) is 11.9 Å². The zero-order valence-corrected chi connectivity index (χ0v) is 10.4. The average Bonchev–Trinajstić information content (AvgIpc) is 2.37. The van der Waals surface area contributed by atoms with Crippen LogP contribution in [0.25, 0.3) is 0 Å². The van der Waals surface area contributed by atoms with Crippen molar-refractivity contribution >= 4 is 5.78 Å². The number of aliphatic hydroxyl groups excluding tert-OH is 1. The van der Waals surface area contributed by atoms with Crippen molar-refractivity contribution in [2.24, 2.45) is 0 Å². The van der Waals surface area contributed by atoms with Crippen molar-refractivity contribution in [1.82, 2.24) is 0 Å².